The summed E-state index contributed by atoms with van der Waals surface area (Å²) in [5, 5.41) is 0. The molecule has 0 bridgehead atoms. The van der Waals surface area contributed by atoms with Crippen LogP contribution >= 0.6 is 0 Å². The third kappa shape index (κ3) is 10.2. The Bertz CT molecular complexity index is 296. The third-order valence-corrected chi connectivity index (χ3v) is 2.93. The molecule has 0 fully saturated rings. The maximum atomic E-state index is 4.14. The Balaban J connectivity index is 4.38. The van der Waals surface area contributed by atoms with E-state index in [9.17, 15) is 0 Å². The number of unbranched alkanes of at least 4 members (excludes halogenated alkanes) is 4. The number of rotatable bonds is 9. The van der Waals surface area contributed by atoms with Crippen molar-refractivity contribution in [2.24, 2.45) is 0 Å². The van der Waals surface area contributed by atoms with E-state index in [-0.39, 0.29) is 0 Å². The van der Waals surface area contributed by atoms with Crippen LogP contribution in [0.2, 0.25) is 0 Å². The van der Waals surface area contributed by atoms with E-state index in [1.165, 1.54) is 49.7 Å². The largest absolute Gasteiger partial charge is 0.0982 e. The molecule has 0 amide bonds. The minimum absolute atomic E-state index is 1.03. The van der Waals surface area contributed by atoms with Crippen molar-refractivity contribution in [3.8, 4) is 11.8 Å². The van der Waals surface area contributed by atoms with Gasteiger partial charge in [0.2, 0.25) is 0 Å². The van der Waals surface area contributed by atoms with E-state index in [4.69, 9.17) is 0 Å². The topological polar surface area (TPSA) is 0 Å². The van der Waals surface area contributed by atoms with Crippen LogP contribution in [0, 0.1) is 11.8 Å². The minimum atomic E-state index is 1.03. The fourth-order valence-electron chi connectivity index (χ4n) is 1.70. The van der Waals surface area contributed by atoms with Crippen LogP contribution in [0.4, 0.5) is 0 Å². The predicted octanol–water partition coefficient (Wildman–Crippen LogP) is 6.04. The SMILES string of the molecule is C=C(/C=C(/C#CCCCC)CCCC)CCCC. The van der Waals surface area contributed by atoms with Crippen LogP contribution in [0.25, 0.3) is 0 Å². The van der Waals surface area contributed by atoms with E-state index < -0.39 is 0 Å². The first-order chi connectivity index (χ1) is 8.74. The molecule has 18 heavy (non-hydrogen) atoms. The average molecular weight is 246 g/mol. The molecule has 0 radical (unpaired) electrons. The van der Waals surface area contributed by atoms with Gasteiger partial charge in [0.05, 0.1) is 0 Å². The molecule has 0 aromatic rings. The van der Waals surface area contributed by atoms with Gasteiger partial charge >= 0.3 is 0 Å². The molecule has 0 saturated carbocycles. The monoisotopic (exact) mass is 246 g/mol. The van der Waals surface area contributed by atoms with Gasteiger partial charge in [-0.05, 0) is 38.2 Å². The molecule has 0 heterocycles. The summed E-state index contributed by atoms with van der Waals surface area (Å²) < 4.78 is 0. The lowest BCUT2D eigenvalue weighted by atomic mass is 10.0. The van der Waals surface area contributed by atoms with Crippen molar-refractivity contribution in [1.29, 1.82) is 0 Å². The van der Waals surface area contributed by atoms with Crippen molar-refractivity contribution in [1.82, 2.24) is 0 Å². The fraction of sp³-hybridized carbons (Fsp3) is 0.667. The molecule has 0 aliphatic heterocycles. The maximum Gasteiger partial charge on any atom is 0.00922 e. The molecule has 0 nitrogen and oxygen atoms in total. The Morgan fingerprint density at radius 2 is 1.56 bits per heavy atom. The molecule has 0 aliphatic carbocycles. The third-order valence-electron chi connectivity index (χ3n) is 2.93. The Morgan fingerprint density at radius 1 is 0.944 bits per heavy atom. The van der Waals surface area contributed by atoms with Crippen molar-refractivity contribution in [2.45, 2.75) is 78.6 Å². The van der Waals surface area contributed by atoms with Crippen molar-refractivity contribution in [3.63, 3.8) is 0 Å². The number of allylic oxidation sites excluding steroid dienone is 3. The Morgan fingerprint density at radius 3 is 2.17 bits per heavy atom. The summed E-state index contributed by atoms with van der Waals surface area (Å²) in [6.45, 7) is 10.8. The van der Waals surface area contributed by atoms with Gasteiger partial charge in [-0.1, -0.05) is 64.0 Å². The van der Waals surface area contributed by atoms with Gasteiger partial charge < -0.3 is 0 Å². The van der Waals surface area contributed by atoms with Crippen LogP contribution in [-0.2, 0) is 0 Å². The van der Waals surface area contributed by atoms with Crippen LogP contribution in [0.5, 0.6) is 0 Å². The molecular weight excluding hydrogens is 216 g/mol. The summed E-state index contributed by atoms with van der Waals surface area (Å²) >= 11 is 0. The van der Waals surface area contributed by atoms with E-state index in [1.807, 2.05) is 0 Å². The first kappa shape index (κ1) is 17.0. The highest BCUT2D eigenvalue weighted by Crippen LogP contribution is 2.13. The van der Waals surface area contributed by atoms with Crippen molar-refractivity contribution >= 4 is 0 Å². The highest BCUT2D eigenvalue weighted by Gasteiger charge is 1.95. The molecule has 0 atom stereocenters. The summed E-state index contributed by atoms with van der Waals surface area (Å²) in [6.07, 6.45) is 12.9. The van der Waals surface area contributed by atoms with E-state index >= 15 is 0 Å². The fourth-order valence-corrected chi connectivity index (χ4v) is 1.70. The number of hydrogen-bond donors (Lipinski definition) is 0. The molecule has 0 unspecified atom stereocenters. The zero-order valence-electron chi connectivity index (χ0n) is 12.6. The Kier molecular flexibility index (Phi) is 11.8. The van der Waals surface area contributed by atoms with E-state index in [2.05, 4.69) is 45.3 Å². The van der Waals surface area contributed by atoms with Crippen LogP contribution in [-0.4, -0.2) is 0 Å². The van der Waals surface area contributed by atoms with E-state index in [0.29, 0.717) is 0 Å². The van der Waals surface area contributed by atoms with Gasteiger partial charge in [0.15, 0.2) is 0 Å². The molecule has 0 aliphatic rings. The minimum Gasteiger partial charge on any atom is -0.0982 e. The van der Waals surface area contributed by atoms with Crippen LogP contribution in [0.1, 0.15) is 78.6 Å². The summed E-state index contributed by atoms with van der Waals surface area (Å²) in [5.74, 6) is 6.64. The molecule has 0 N–H and O–H groups in total. The van der Waals surface area contributed by atoms with Gasteiger partial charge in [0, 0.05) is 12.0 Å². The van der Waals surface area contributed by atoms with E-state index in [1.54, 1.807) is 0 Å². The predicted molar refractivity (Wildman–Crippen MR) is 83.6 cm³/mol. The summed E-state index contributed by atoms with van der Waals surface area (Å²) in [4.78, 5) is 0. The first-order valence-corrected chi connectivity index (χ1v) is 7.61. The molecule has 0 aromatic carbocycles. The smallest absolute Gasteiger partial charge is 0.00922 e. The van der Waals surface area contributed by atoms with Gasteiger partial charge in [-0.15, -0.1) is 0 Å². The van der Waals surface area contributed by atoms with Crippen LogP contribution in [0.15, 0.2) is 23.8 Å². The zero-order valence-corrected chi connectivity index (χ0v) is 12.6. The summed E-state index contributed by atoms with van der Waals surface area (Å²) in [6, 6.07) is 0. The molecule has 0 aromatic heterocycles. The standard InChI is InChI=1S/C18H30/c1-5-8-11-12-15-18(14-10-7-3)16-17(4)13-9-6-2/h16H,4-11,13-14H2,1-3H3/b18-16+. The second-order valence-corrected chi connectivity index (χ2v) is 4.94. The van der Waals surface area contributed by atoms with Gasteiger partial charge in [0.25, 0.3) is 0 Å². The second-order valence-electron chi connectivity index (χ2n) is 4.94. The van der Waals surface area contributed by atoms with E-state index in [0.717, 1.165) is 19.3 Å². The average Bonchev–Trinajstić information content (AvgIpc) is 2.38. The number of hydrogen-bond acceptors (Lipinski definition) is 0. The molecule has 102 valence electrons. The maximum absolute atomic E-state index is 4.14. The Labute approximate surface area is 115 Å². The molecule has 0 rings (SSSR count). The molecule has 0 spiro atoms. The second kappa shape index (κ2) is 12.5. The normalized spacial score (nSPS) is 10.9. The lowest BCUT2D eigenvalue weighted by Crippen LogP contribution is -1.84. The zero-order chi connectivity index (χ0) is 13.6. The van der Waals surface area contributed by atoms with Crippen LogP contribution < -0.4 is 0 Å². The molecule has 0 heteroatoms. The van der Waals surface area contributed by atoms with Crippen molar-refractivity contribution in [2.75, 3.05) is 0 Å². The van der Waals surface area contributed by atoms with Gasteiger partial charge in [-0.2, -0.15) is 0 Å². The van der Waals surface area contributed by atoms with Crippen molar-refractivity contribution in [3.05, 3.63) is 23.8 Å². The molecule has 0 saturated heterocycles. The van der Waals surface area contributed by atoms with Crippen LogP contribution in [0.3, 0.4) is 0 Å². The van der Waals surface area contributed by atoms with Gasteiger partial charge in [-0.25, -0.2) is 0 Å². The quantitative estimate of drug-likeness (QED) is 0.264. The summed E-state index contributed by atoms with van der Waals surface area (Å²) in [7, 11) is 0. The molecular formula is C18H30. The van der Waals surface area contributed by atoms with Crippen molar-refractivity contribution < 1.29 is 0 Å². The van der Waals surface area contributed by atoms with Gasteiger partial charge in [0.1, 0.15) is 0 Å². The summed E-state index contributed by atoms with van der Waals surface area (Å²) in [5.41, 5.74) is 2.53. The first-order valence-electron chi connectivity index (χ1n) is 7.61. The highest BCUT2D eigenvalue weighted by molar-refractivity contribution is 5.34. The van der Waals surface area contributed by atoms with Gasteiger partial charge in [-0.3, -0.25) is 0 Å². The lowest BCUT2D eigenvalue weighted by Gasteiger charge is -2.02. The lowest BCUT2D eigenvalue weighted by molar-refractivity contribution is 0.787. The highest BCUT2D eigenvalue weighted by atomic mass is 14.0. The Hall–Kier alpha value is -0.960.